The van der Waals surface area contributed by atoms with Crippen molar-refractivity contribution in [3.05, 3.63) is 56.3 Å². The quantitative estimate of drug-likeness (QED) is 0.466. The summed E-state index contributed by atoms with van der Waals surface area (Å²) in [7, 11) is 0. The average Bonchev–Trinajstić information content (AvgIpc) is 3.57. The zero-order valence-corrected chi connectivity index (χ0v) is 20.5. The van der Waals surface area contributed by atoms with Crippen molar-refractivity contribution < 1.29 is 14.5 Å². The molecule has 0 saturated carbocycles. The number of piperazine rings is 1. The van der Waals surface area contributed by atoms with E-state index in [1.165, 1.54) is 4.88 Å². The summed E-state index contributed by atoms with van der Waals surface area (Å²) >= 11 is 1.67. The maximum Gasteiger partial charge on any atom is 0.269 e. The zero-order valence-electron chi connectivity index (χ0n) is 19.7. The SMILES string of the molecule is O=C(NCCc1cccs1)[C@H]1Cc2cc([N+](=O)[O-])ccc2N2CCN(CC(=O)N3CCCC3)C[C@@H]12. The smallest absolute Gasteiger partial charge is 0.269 e. The van der Waals surface area contributed by atoms with Gasteiger partial charge in [0.15, 0.2) is 0 Å². The Hall–Kier alpha value is -2.98. The summed E-state index contributed by atoms with van der Waals surface area (Å²) in [5.41, 5.74) is 1.86. The number of amides is 2. The van der Waals surface area contributed by atoms with E-state index in [0.717, 1.165) is 50.1 Å². The summed E-state index contributed by atoms with van der Waals surface area (Å²) in [6, 6.07) is 8.96. The molecule has 0 unspecified atom stereocenters. The maximum absolute atomic E-state index is 13.4. The number of non-ortho nitro benzene ring substituents is 1. The number of thiophene rings is 1. The fourth-order valence-electron chi connectivity index (χ4n) is 5.58. The minimum atomic E-state index is -0.385. The fourth-order valence-corrected chi connectivity index (χ4v) is 6.29. The van der Waals surface area contributed by atoms with Crippen molar-refractivity contribution in [3.8, 4) is 0 Å². The second-order valence-corrected chi connectivity index (χ2v) is 10.6. The number of rotatable bonds is 7. The fraction of sp³-hybridized carbons (Fsp3) is 0.520. The molecule has 35 heavy (non-hydrogen) atoms. The van der Waals surface area contributed by atoms with Crippen LogP contribution in [0, 0.1) is 16.0 Å². The first kappa shape index (κ1) is 23.7. The first-order chi connectivity index (χ1) is 17.0. The molecule has 2 atom stereocenters. The molecule has 0 spiro atoms. The lowest BCUT2D eigenvalue weighted by molar-refractivity contribution is -0.384. The molecular weight excluding hydrogens is 466 g/mol. The third-order valence-electron chi connectivity index (χ3n) is 7.40. The number of hydrogen-bond acceptors (Lipinski definition) is 7. The lowest BCUT2D eigenvalue weighted by atomic mass is 9.83. The normalized spacial score (nSPS) is 21.9. The van der Waals surface area contributed by atoms with Crippen molar-refractivity contribution in [2.24, 2.45) is 5.92 Å². The van der Waals surface area contributed by atoms with Gasteiger partial charge in [-0.3, -0.25) is 24.6 Å². The molecule has 2 saturated heterocycles. The molecule has 3 aliphatic heterocycles. The molecule has 1 aromatic heterocycles. The highest BCUT2D eigenvalue weighted by atomic mass is 32.1. The van der Waals surface area contributed by atoms with E-state index in [1.807, 2.05) is 22.4 Å². The van der Waals surface area contributed by atoms with E-state index < -0.39 is 0 Å². The van der Waals surface area contributed by atoms with Crippen LogP contribution in [0.1, 0.15) is 23.3 Å². The Kier molecular flexibility index (Phi) is 7.01. The molecule has 0 aliphatic carbocycles. The molecule has 1 aromatic carbocycles. The Labute approximate surface area is 208 Å². The van der Waals surface area contributed by atoms with E-state index in [2.05, 4.69) is 21.2 Å². The molecule has 9 nitrogen and oxygen atoms in total. The molecule has 1 N–H and O–H groups in total. The van der Waals surface area contributed by atoms with Gasteiger partial charge in [-0.15, -0.1) is 11.3 Å². The van der Waals surface area contributed by atoms with Gasteiger partial charge in [-0.05, 0) is 48.8 Å². The zero-order chi connectivity index (χ0) is 24.4. The number of nitro groups is 1. The van der Waals surface area contributed by atoms with Crippen molar-refractivity contribution >= 4 is 34.5 Å². The first-order valence-corrected chi connectivity index (χ1v) is 13.2. The topological polar surface area (TPSA) is 99.0 Å². The van der Waals surface area contributed by atoms with Gasteiger partial charge in [0.05, 0.1) is 23.4 Å². The Morgan fingerprint density at radius 1 is 1.14 bits per heavy atom. The lowest BCUT2D eigenvalue weighted by Gasteiger charge is -2.49. The van der Waals surface area contributed by atoms with Crippen LogP contribution in [-0.2, 0) is 22.4 Å². The number of fused-ring (bicyclic) bond motifs is 3. The summed E-state index contributed by atoms with van der Waals surface area (Å²) in [5.74, 6) is -0.196. The van der Waals surface area contributed by atoms with Gasteiger partial charge in [0.25, 0.3) is 5.69 Å². The van der Waals surface area contributed by atoms with E-state index in [-0.39, 0.29) is 34.4 Å². The standard InChI is InChI=1S/C25H31N5O4S/c31-24(28-9-1-2-10-28)17-27-11-12-29-22-6-5-19(30(33)34)14-18(22)15-21(23(29)16-27)25(32)26-8-7-20-4-3-13-35-20/h3-6,13-14,21,23H,1-2,7-12,15-17H2,(H,26,32)/t21-,23-/m0/s1. The Morgan fingerprint density at radius 2 is 1.97 bits per heavy atom. The molecule has 5 rings (SSSR count). The van der Waals surface area contributed by atoms with Crippen LogP contribution in [0.4, 0.5) is 11.4 Å². The van der Waals surface area contributed by atoms with Gasteiger partial charge in [0.2, 0.25) is 11.8 Å². The largest absolute Gasteiger partial charge is 0.365 e. The van der Waals surface area contributed by atoms with Crippen molar-refractivity contribution in [2.75, 3.05) is 50.7 Å². The Morgan fingerprint density at radius 3 is 2.71 bits per heavy atom. The van der Waals surface area contributed by atoms with Crippen molar-refractivity contribution in [1.82, 2.24) is 15.1 Å². The van der Waals surface area contributed by atoms with Crippen LogP contribution < -0.4 is 10.2 Å². The predicted molar refractivity (Wildman–Crippen MR) is 135 cm³/mol. The van der Waals surface area contributed by atoms with Crippen LogP contribution in [0.15, 0.2) is 35.7 Å². The van der Waals surface area contributed by atoms with Crippen LogP contribution in [0.5, 0.6) is 0 Å². The summed E-state index contributed by atoms with van der Waals surface area (Å²) in [6.45, 7) is 4.64. The number of benzene rings is 1. The highest BCUT2D eigenvalue weighted by Crippen LogP contribution is 2.38. The molecule has 0 bridgehead atoms. The molecule has 10 heteroatoms. The predicted octanol–water partition coefficient (Wildman–Crippen LogP) is 2.30. The van der Waals surface area contributed by atoms with Gasteiger partial charge < -0.3 is 15.1 Å². The van der Waals surface area contributed by atoms with Crippen molar-refractivity contribution in [1.29, 1.82) is 0 Å². The second kappa shape index (κ2) is 10.3. The van der Waals surface area contributed by atoms with E-state index in [4.69, 9.17) is 0 Å². The van der Waals surface area contributed by atoms with E-state index in [1.54, 1.807) is 23.5 Å². The van der Waals surface area contributed by atoms with Crippen molar-refractivity contribution in [2.45, 2.75) is 31.7 Å². The number of carbonyl (C=O) groups is 2. The van der Waals surface area contributed by atoms with Gasteiger partial charge in [0.1, 0.15) is 0 Å². The molecular formula is C25H31N5O4S. The number of nitro benzene ring substituents is 1. The summed E-state index contributed by atoms with van der Waals surface area (Å²) in [6.07, 6.45) is 3.37. The lowest BCUT2D eigenvalue weighted by Crippen LogP contribution is -2.62. The minimum Gasteiger partial charge on any atom is -0.365 e. The van der Waals surface area contributed by atoms with Gasteiger partial charge >= 0.3 is 0 Å². The number of nitrogens with zero attached hydrogens (tertiary/aromatic N) is 4. The van der Waals surface area contributed by atoms with E-state index in [9.17, 15) is 19.7 Å². The molecule has 2 amide bonds. The van der Waals surface area contributed by atoms with Crippen LogP contribution >= 0.6 is 11.3 Å². The molecule has 186 valence electrons. The maximum atomic E-state index is 13.4. The monoisotopic (exact) mass is 497 g/mol. The Balaban J connectivity index is 1.33. The van der Waals surface area contributed by atoms with Gasteiger partial charge in [-0.25, -0.2) is 0 Å². The summed E-state index contributed by atoms with van der Waals surface area (Å²) < 4.78 is 0. The number of anilines is 1. The van der Waals surface area contributed by atoms with Crippen LogP contribution in [0.2, 0.25) is 0 Å². The van der Waals surface area contributed by atoms with E-state index in [0.29, 0.717) is 32.6 Å². The molecule has 4 heterocycles. The molecule has 2 aromatic rings. The highest BCUT2D eigenvalue weighted by Gasteiger charge is 2.42. The third kappa shape index (κ3) is 5.18. The molecule has 2 fully saturated rings. The number of likely N-dealkylation sites (tertiary alicyclic amines) is 1. The van der Waals surface area contributed by atoms with Crippen molar-refractivity contribution in [3.63, 3.8) is 0 Å². The number of nitrogens with one attached hydrogen (secondary N) is 1. The first-order valence-electron chi connectivity index (χ1n) is 12.3. The van der Waals surface area contributed by atoms with Gasteiger partial charge in [-0.2, -0.15) is 0 Å². The number of hydrogen-bond donors (Lipinski definition) is 1. The van der Waals surface area contributed by atoms with Crippen LogP contribution in [-0.4, -0.2) is 78.4 Å². The third-order valence-corrected chi connectivity index (χ3v) is 8.33. The van der Waals surface area contributed by atoms with E-state index >= 15 is 0 Å². The summed E-state index contributed by atoms with van der Waals surface area (Å²) in [5, 5.41) is 16.5. The van der Waals surface area contributed by atoms with Gasteiger partial charge in [0, 0.05) is 62.0 Å². The van der Waals surface area contributed by atoms with Gasteiger partial charge in [-0.1, -0.05) is 6.07 Å². The Bertz CT molecular complexity index is 1090. The van der Waals surface area contributed by atoms with Crippen LogP contribution in [0.25, 0.3) is 0 Å². The molecule has 0 radical (unpaired) electrons. The minimum absolute atomic E-state index is 0.0265. The second-order valence-electron chi connectivity index (χ2n) is 9.58. The van der Waals surface area contributed by atoms with Crippen LogP contribution in [0.3, 0.4) is 0 Å². The highest BCUT2D eigenvalue weighted by molar-refractivity contribution is 7.09. The average molecular weight is 498 g/mol. The summed E-state index contributed by atoms with van der Waals surface area (Å²) in [4.78, 5) is 44.7. The molecule has 3 aliphatic rings. The number of carbonyl (C=O) groups excluding carboxylic acids is 2.